The van der Waals surface area contributed by atoms with E-state index in [1.165, 1.54) is 71.2 Å². The minimum Gasteiger partial charge on any atom is -0.344 e. The van der Waals surface area contributed by atoms with Gasteiger partial charge in [0.15, 0.2) is 0 Å². The van der Waals surface area contributed by atoms with Gasteiger partial charge in [0.1, 0.15) is 0 Å². The third-order valence-corrected chi connectivity index (χ3v) is 7.93. The second-order valence-electron chi connectivity index (χ2n) is 9.89. The lowest BCUT2D eigenvalue weighted by Crippen LogP contribution is -1.95. The summed E-state index contributed by atoms with van der Waals surface area (Å²) in [5, 5.41) is 7.67. The van der Waals surface area contributed by atoms with Crippen molar-refractivity contribution in [3.8, 4) is 16.8 Å². The van der Waals surface area contributed by atoms with Crippen LogP contribution in [0, 0.1) is 0 Å². The van der Waals surface area contributed by atoms with Gasteiger partial charge >= 0.3 is 0 Å². The maximum absolute atomic E-state index is 2.42. The molecule has 0 amide bonds. The first-order chi connectivity index (χ1) is 18.3. The van der Waals surface area contributed by atoms with Crippen LogP contribution in [0.25, 0.3) is 71.2 Å². The molecule has 0 unspecified atom stereocenters. The highest BCUT2D eigenvalue weighted by atomic mass is 15.0. The predicted molar refractivity (Wildman–Crippen MR) is 158 cm³/mol. The van der Waals surface area contributed by atoms with Crippen LogP contribution < -0.4 is 0 Å². The molecule has 0 aliphatic heterocycles. The van der Waals surface area contributed by atoms with Crippen molar-refractivity contribution < 1.29 is 0 Å². The van der Waals surface area contributed by atoms with E-state index in [9.17, 15) is 0 Å². The van der Waals surface area contributed by atoms with Gasteiger partial charge in [-0.05, 0) is 59.0 Å². The molecule has 6 aromatic carbocycles. The molecule has 37 heavy (non-hydrogen) atoms. The van der Waals surface area contributed by atoms with Crippen molar-refractivity contribution in [1.29, 1.82) is 0 Å². The van der Waals surface area contributed by atoms with Gasteiger partial charge in [0.05, 0.1) is 16.7 Å². The number of hydrogen-bond donors (Lipinski definition) is 0. The van der Waals surface area contributed by atoms with E-state index in [-0.39, 0.29) is 0 Å². The Labute approximate surface area is 214 Å². The number of para-hydroxylation sites is 2. The molecule has 0 bridgehead atoms. The van der Waals surface area contributed by atoms with Gasteiger partial charge < -0.3 is 9.13 Å². The smallest absolute Gasteiger partial charge is 0.0541 e. The van der Waals surface area contributed by atoms with E-state index in [0.29, 0.717) is 0 Å². The predicted octanol–water partition coefficient (Wildman–Crippen LogP) is 9.25. The topological polar surface area (TPSA) is 9.86 Å². The van der Waals surface area contributed by atoms with Crippen LogP contribution in [0.4, 0.5) is 0 Å². The molecule has 0 saturated carbocycles. The Morgan fingerprint density at radius 3 is 1.70 bits per heavy atom. The highest BCUT2D eigenvalue weighted by Crippen LogP contribution is 2.38. The molecule has 0 aliphatic carbocycles. The Hall–Kier alpha value is -4.82. The maximum atomic E-state index is 2.42. The summed E-state index contributed by atoms with van der Waals surface area (Å²) in [4.78, 5) is 0. The van der Waals surface area contributed by atoms with Crippen LogP contribution in [0.5, 0.6) is 0 Å². The van der Waals surface area contributed by atoms with Crippen molar-refractivity contribution in [3.05, 3.63) is 127 Å². The van der Waals surface area contributed by atoms with Crippen molar-refractivity contribution in [1.82, 2.24) is 9.13 Å². The lowest BCUT2D eigenvalue weighted by Gasteiger charge is -2.12. The normalized spacial score (nSPS) is 11.9. The molecule has 0 fully saturated rings. The monoisotopic (exact) mass is 472 g/mol. The molecule has 0 spiro atoms. The van der Waals surface area contributed by atoms with Gasteiger partial charge in [-0.2, -0.15) is 0 Å². The largest absolute Gasteiger partial charge is 0.344 e. The highest BCUT2D eigenvalue weighted by Gasteiger charge is 2.15. The van der Waals surface area contributed by atoms with Gasteiger partial charge in [-0.1, -0.05) is 84.9 Å². The van der Waals surface area contributed by atoms with E-state index in [1.807, 2.05) is 0 Å². The van der Waals surface area contributed by atoms with E-state index < -0.39 is 0 Å². The van der Waals surface area contributed by atoms with E-state index in [2.05, 4.69) is 144 Å². The average molecular weight is 473 g/mol. The second kappa shape index (κ2) is 7.59. The van der Waals surface area contributed by atoms with Crippen molar-refractivity contribution >= 4 is 54.4 Å². The third-order valence-electron chi connectivity index (χ3n) is 7.93. The molecule has 0 radical (unpaired) electrons. The average Bonchev–Trinajstić information content (AvgIpc) is 3.44. The summed E-state index contributed by atoms with van der Waals surface area (Å²) < 4.78 is 4.71. The summed E-state index contributed by atoms with van der Waals surface area (Å²) in [6, 6.07) is 46.4. The first kappa shape index (κ1) is 20.4. The van der Waals surface area contributed by atoms with Gasteiger partial charge in [-0.3, -0.25) is 0 Å². The number of rotatable bonds is 2. The van der Waals surface area contributed by atoms with E-state index in [1.54, 1.807) is 0 Å². The maximum Gasteiger partial charge on any atom is 0.0541 e. The first-order valence-corrected chi connectivity index (χ1v) is 12.8. The molecular formula is C35H24N2. The molecule has 2 aromatic heterocycles. The molecule has 0 atom stereocenters. The first-order valence-electron chi connectivity index (χ1n) is 12.8. The third kappa shape index (κ3) is 2.87. The fourth-order valence-electron chi connectivity index (χ4n) is 6.16. The van der Waals surface area contributed by atoms with Crippen LogP contribution in [0.3, 0.4) is 0 Å². The molecule has 2 heterocycles. The van der Waals surface area contributed by atoms with Crippen LogP contribution in [-0.2, 0) is 7.05 Å². The Bertz CT molecular complexity index is 2150. The summed E-state index contributed by atoms with van der Waals surface area (Å²) in [7, 11) is 2.15. The summed E-state index contributed by atoms with van der Waals surface area (Å²) in [6.45, 7) is 0. The fourth-order valence-corrected chi connectivity index (χ4v) is 6.16. The molecule has 8 rings (SSSR count). The summed E-state index contributed by atoms with van der Waals surface area (Å²) in [5.41, 5.74) is 8.69. The Kier molecular flexibility index (Phi) is 4.18. The summed E-state index contributed by atoms with van der Waals surface area (Å²) in [5.74, 6) is 0. The van der Waals surface area contributed by atoms with Crippen LogP contribution >= 0.6 is 0 Å². The number of aromatic nitrogens is 2. The fraction of sp³-hybridized carbons (Fsp3) is 0.0286. The quantitative estimate of drug-likeness (QED) is 0.237. The highest BCUT2D eigenvalue weighted by molar-refractivity contribution is 6.13. The molecule has 2 heteroatoms. The Balaban J connectivity index is 1.40. The van der Waals surface area contributed by atoms with Crippen LogP contribution in [0.15, 0.2) is 127 Å². The van der Waals surface area contributed by atoms with Crippen LogP contribution in [-0.4, -0.2) is 9.13 Å². The SMILES string of the molecule is Cn1c2ccccc2c2cc(-c3ccc4c(c3)c3ccccc3n4-c3cccc4ccccc34)ccc21. The van der Waals surface area contributed by atoms with Gasteiger partial charge in [-0.15, -0.1) is 0 Å². The summed E-state index contributed by atoms with van der Waals surface area (Å²) >= 11 is 0. The Morgan fingerprint density at radius 2 is 0.919 bits per heavy atom. The molecule has 8 aromatic rings. The minimum absolute atomic E-state index is 1.22. The zero-order chi connectivity index (χ0) is 24.5. The lowest BCUT2D eigenvalue weighted by atomic mass is 10.0. The lowest BCUT2D eigenvalue weighted by molar-refractivity contribution is 1.01. The van der Waals surface area contributed by atoms with Crippen LogP contribution in [0.1, 0.15) is 0 Å². The number of hydrogen-bond acceptors (Lipinski definition) is 0. The second-order valence-corrected chi connectivity index (χ2v) is 9.89. The van der Waals surface area contributed by atoms with E-state index in [0.717, 1.165) is 0 Å². The van der Waals surface area contributed by atoms with Gasteiger partial charge in [0, 0.05) is 45.0 Å². The van der Waals surface area contributed by atoms with Gasteiger partial charge in [-0.25, -0.2) is 0 Å². The molecule has 0 aliphatic rings. The van der Waals surface area contributed by atoms with E-state index >= 15 is 0 Å². The zero-order valence-electron chi connectivity index (χ0n) is 20.5. The number of nitrogens with zero attached hydrogens (tertiary/aromatic N) is 2. The molecule has 174 valence electrons. The van der Waals surface area contributed by atoms with Crippen molar-refractivity contribution in [3.63, 3.8) is 0 Å². The number of aryl methyl sites for hydroxylation is 1. The van der Waals surface area contributed by atoms with Crippen LogP contribution in [0.2, 0.25) is 0 Å². The number of benzene rings is 6. The summed E-state index contributed by atoms with van der Waals surface area (Å²) in [6.07, 6.45) is 0. The molecular weight excluding hydrogens is 448 g/mol. The van der Waals surface area contributed by atoms with Gasteiger partial charge in [0.2, 0.25) is 0 Å². The molecule has 2 nitrogen and oxygen atoms in total. The molecule has 0 saturated heterocycles. The van der Waals surface area contributed by atoms with Crippen molar-refractivity contribution in [2.75, 3.05) is 0 Å². The van der Waals surface area contributed by atoms with Gasteiger partial charge in [0.25, 0.3) is 0 Å². The molecule has 0 N–H and O–H groups in total. The number of fused-ring (bicyclic) bond motifs is 7. The standard InChI is InChI=1S/C35H24N2/c1-36-31-14-6-4-12-27(31)29-21-24(17-19-32(29)36)25-18-20-35-30(22-25)28-13-5-7-15-34(28)37(35)33-16-8-10-23-9-2-3-11-26(23)33/h2-22H,1H3. The van der Waals surface area contributed by atoms with Crippen molar-refractivity contribution in [2.24, 2.45) is 7.05 Å². The Morgan fingerprint density at radius 1 is 0.405 bits per heavy atom. The van der Waals surface area contributed by atoms with E-state index in [4.69, 9.17) is 0 Å². The minimum atomic E-state index is 1.22. The van der Waals surface area contributed by atoms with Crippen molar-refractivity contribution in [2.45, 2.75) is 0 Å². The zero-order valence-corrected chi connectivity index (χ0v) is 20.5.